The molecule has 0 aliphatic rings. The van der Waals surface area contributed by atoms with Crippen LogP contribution in [-0.4, -0.2) is 35.3 Å². The van der Waals surface area contributed by atoms with Gasteiger partial charge in [-0.1, -0.05) is 11.8 Å². The van der Waals surface area contributed by atoms with Gasteiger partial charge in [0.2, 0.25) is 0 Å². The fraction of sp³-hybridized carbons (Fsp3) is 0.385. The number of carbonyl (C=O) groups is 1. The van der Waals surface area contributed by atoms with Gasteiger partial charge in [0.25, 0.3) is 5.91 Å². The van der Waals surface area contributed by atoms with Crippen LogP contribution in [0, 0.1) is 11.8 Å². The van der Waals surface area contributed by atoms with E-state index in [2.05, 4.69) is 22.1 Å². The lowest BCUT2D eigenvalue weighted by Gasteiger charge is -2.07. The van der Waals surface area contributed by atoms with Gasteiger partial charge < -0.3 is 10.4 Å². The van der Waals surface area contributed by atoms with Gasteiger partial charge in [0, 0.05) is 24.7 Å². The molecule has 0 aromatic carbocycles. The van der Waals surface area contributed by atoms with Crippen LogP contribution in [-0.2, 0) is 0 Å². The lowest BCUT2D eigenvalue weighted by Crippen LogP contribution is -2.28. The predicted molar refractivity (Wildman–Crippen MR) is 65.8 cm³/mol. The maximum absolute atomic E-state index is 11.9. The highest BCUT2D eigenvalue weighted by Gasteiger charge is 2.26. The van der Waals surface area contributed by atoms with E-state index in [1.165, 1.54) is 18.3 Å². The molecule has 1 amide bonds. The lowest BCUT2D eigenvalue weighted by atomic mass is 10.2. The van der Waals surface area contributed by atoms with Gasteiger partial charge in [-0.05, 0) is 12.1 Å². The molecule has 0 unspecified atom stereocenters. The molecule has 0 radical (unpaired) electrons. The van der Waals surface area contributed by atoms with E-state index in [9.17, 15) is 18.0 Å². The number of nitrogens with zero attached hydrogens (tertiary/aromatic N) is 1. The fourth-order valence-electron chi connectivity index (χ4n) is 1.23. The molecule has 7 heteroatoms. The van der Waals surface area contributed by atoms with E-state index < -0.39 is 25.0 Å². The summed E-state index contributed by atoms with van der Waals surface area (Å²) in [5.74, 6) is 4.74. The number of aromatic nitrogens is 1. The summed E-state index contributed by atoms with van der Waals surface area (Å²) in [7, 11) is 0. The zero-order valence-corrected chi connectivity index (χ0v) is 10.5. The lowest BCUT2D eigenvalue weighted by molar-refractivity contribution is -0.132. The predicted octanol–water partition coefficient (Wildman–Crippen LogP) is 1.50. The van der Waals surface area contributed by atoms with Crippen LogP contribution in [0.2, 0.25) is 0 Å². The van der Waals surface area contributed by atoms with Gasteiger partial charge in [-0.2, -0.15) is 13.2 Å². The van der Waals surface area contributed by atoms with Gasteiger partial charge in [-0.3, -0.25) is 4.79 Å². The molecule has 2 N–H and O–H groups in total. The quantitative estimate of drug-likeness (QED) is 0.825. The highest BCUT2D eigenvalue weighted by Crippen LogP contribution is 2.18. The second-order valence-corrected chi connectivity index (χ2v) is 3.83. The van der Waals surface area contributed by atoms with Gasteiger partial charge in [0.15, 0.2) is 0 Å². The van der Waals surface area contributed by atoms with Crippen molar-refractivity contribution in [3.63, 3.8) is 0 Å². The molecule has 1 aromatic heterocycles. The largest absolute Gasteiger partial charge is 0.395 e. The van der Waals surface area contributed by atoms with Crippen molar-refractivity contribution < 1.29 is 23.1 Å². The van der Waals surface area contributed by atoms with Crippen molar-refractivity contribution in [1.29, 1.82) is 0 Å². The Labute approximate surface area is 114 Å². The van der Waals surface area contributed by atoms with Gasteiger partial charge in [0.05, 0.1) is 13.0 Å². The number of hydrogen-bond acceptors (Lipinski definition) is 3. The second-order valence-electron chi connectivity index (χ2n) is 3.83. The van der Waals surface area contributed by atoms with Crippen LogP contribution in [0.25, 0.3) is 0 Å². The number of carbonyl (C=O) groups excluding carboxylic acids is 1. The summed E-state index contributed by atoms with van der Waals surface area (Å²) in [6, 6.07) is 2.92. The van der Waals surface area contributed by atoms with Gasteiger partial charge in [-0.15, -0.1) is 0 Å². The van der Waals surface area contributed by atoms with E-state index in [4.69, 9.17) is 5.11 Å². The average molecular weight is 286 g/mol. The van der Waals surface area contributed by atoms with E-state index in [1.54, 1.807) is 0 Å². The third kappa shape index (κ3) is 6.20. The summed E-state index contributed by atoms with van der Waals surface area (Å²) < 4.78 is 35.7. The van der Waals surface area contributed by atoms with Crippen molar-refractivity contribution >= 4 is 5.91 Å². The summed E-state index contributed by atoms with van der Waals surface area (Å²) in [4.78, 5) is 15.3. The second kappa shape index (κ2) is 7.50. The molecule has 0 bridgehead atoms. The van der Waals surface area contributed by atoms with Crippen molar-refractivity contribution in [1.82, 2.24) is 10.3 Å². The minimum atomic E-state index is -4.30. The summed E-state index contributed by atoms with van der Waals surface area (Å²) in [6.45, 7) is -0.526. The molecule has 1 heterocycles. The van der Waals surface area contributed by atoms with Crippen molar-refractivity contribution in [3.05, 3.63) is 29.6 Å². The zero-order valence-electron chi connectivity index (χ0n) is 10.5. The van der Waals surface area contributed by atoms with Gasteiger partial charge >= 0.3 is 6.18 Å². The Morgan fingerprint density at radius 3 is 2.70 bits per heavy atom. The number of aliphatic hydroxyl groups excluding tert-OH is 1. The highest BCUT2D eigenvalue weighted by atomic mass is 19.4. The third-order valence-corrected chi connectivity index (χ3v) is 2.16. The van der Waals surface area contributed by atoms with E-state index in [0.717, 1.165) is 0 Å². The van der Waals surface area contributed by atoms with Crippen LogP contribution in [0.1, 0.15) is 28.9 Å². The zero-order chi connectivity index (χ0) is 15.0. The molecule has 1 rings (SSSR count). The number of halogens is 3. The average Bonchev–Trinajstić information content (AvgIpc) is 2.38. The molecule has 0 saturated heterocycles. The third-order valence-electron chi connectivity index (χ3n) is 2.16. The van der Waals surface area contributed by atoms with Crippen LogP contribution in [0.4, 0.5) is 13.2 Å². The summed E-state index contributed by atoms with van der Waals surface area (Å²) in [5.41, 5.74) is 0.588. The topological polar surface area (TPSA) is 62.2 Å². The number of nitrogens with one attached hydrogen (secondary N) is 1. The molecule has 0 aliphatic heterocycles. The maximum atomic E-state index is 11.9. The minimum Gasteiger partial charge on any atom is -0.395 e. The molecule has 108 valence electrons. The Hall–Kier alpha value is -2.07. The fourth-order valence-corrected chi connectivity index (χ4v) is 1.23. The molecule has 1 aromatic rings. The number of amides is 1. The highest BCUT2D eigenvalue weighted by molar-refractivity contribution is 5.92. The van der Waals surface area contributed by atoms with Crippen LogP contribution in [0.3, 0.4) is 0 Å². The van der Waals surface area contributed by atoms with E-state index >= 15 is 0 Å². The van der Waals surface area contributed by atoms with E-state index in [0.29, 0.717) is 12.0 Å². The summed E-state index contributed by atoms with van der Waals surface area (Å²) >= 11 is 0. The molecular weight excluding hydrogens is 273 g/mol. The molecular formula is C13H13F3N2O2. The van der Waals surface area contributed by atoms with Gasteiger partial charge in [0.1, 0.15) is 5.69 Å². The number of alkyl halides is 3. The minimum absolute atomic E-state index is 0.0277. The van der Waals surface area contributed by atoms with Crippen molar-refractivity contribution in [3.8, 4) is 11.8 Å². The molecule has 0 saturated carbocycles. The van der Waals surface area contributed by atoms with E-state index in [1.807, 2.05) is 0 Å². The molecule has 20 heavy (non-hydrogen) atoms. The van der Waals surface area contributed by atoms with Gasteiger partial charge in [-0.25, -0.2) is 4.98 Å². The standard InChI is InChI=1S/C13H13F3N2O2/c14-13(15,16)6-7-17-12(20)11-5-4-10(9-18-11)3-1-2-8-19/h4-5,9,19H,2,6-8H2,(H,17,20). The number of pyridine rings is 1. The monoisotopic (exact) mass is 286 g/mol. The Morgan fingerprint density at radius 2 is 2.15 bits per heavy atom. The van der Waals surface area contributed by atoms with Crippen molar-refractivity contribution in [2.24, 2.45) is 0 Å². The summed E-state index contributed by atoms with van der Waals surface area (Å²) in [6.07, 6.45) is -3.70. The number of aliphatic hydroxyl groups is 1. The van der Waals surface area contributed by atoms with Crippen LogP contribution in [0.5, 0.6) is 0 Å². The Kier molecular flexibility index (Phi) is 6.00. The first-order valence-electron chi connectivity index (χ1n) is 5.83. The Morgan fingerprint density at radius 1 is 1.40 bits per heavy atom. The number of hydrogen-bond donors (Lipinski definition) is 2. The van der Waals surface area contributed by atoms with Crippen LogP contribution >= 0.6 is 0 Å². The molecule has 4 nitrogen and oxygen atoms in total. The normalized spacial score (nSPS) is 10.6. The van der Waals surface area contributed by atoms with Crippen LogP contribution < -0.4 is 5.32 Å². The molecule has 0 spiro atoms. The van der Waals surface area contributed by atoms with Crippen molar-refractivity contribution in [2.75, 3.05) is 13.2 Å². The summed E-state index contributed by atoms with van der Waals surface area (Å²) in [5, 5.41) is 10.7. The van der Waals surface area contributed by atoms with Crippen molar-refractivity contribution in [2.45, 2.75) is 19.0 Å². The molecule has 0 atom stereocenters. The molecule has 0 fully saturated rings. The smallest absolute Gasteiger partial charge is 0.390 e. The first-order valence-corrected chi connectivity index (χ1v) is 5.83. The van der Waals surface area contributed by atoms with Crippen LogP contribution in [0.15, 0.2) is 18.3 Å². The maximum Gasteiger partial charge on any atom is 0.390 e. The Bertz CT molecular complexity index is 501. The van der Waals surface area contributed by atoms with E-state index in [-0.39, 0.29) is 12.3 Å². The number of rotatable bonds is 4. The molecule has 0 aliphatic carbocycles. The Balaban J connectivity index is 2.52. The first-order chi connectivity index (χ1) is 9.42. The SMILES string of the molecule is O=C(NCCC(F)(F)F)c1ccc(C#CCCO)cn1. The first kappa shape index (κ1) is 16.0.